The van der Waals surface area contributed by atoms with E-state index in [9.17, 15) is 8.42 Å². The van der Waals surface area contributed by atoms with Gasteiger partial charge in [0, 0.05) is 19.7 Å². The van der Waals surface area contributed by atoms with Crippen molar-refractivity contribution < 1.29 is 17.9 Å². The lowest BCUT2D eigenvalue weighted by atomic mass is 10.3. The molecule has 132 valence electrons. The highest BCUT2D eigenvalue weighted by Gasteiger charge is 2.13. The van der Waals surface area contributed by atoms with E-state index in [0.29, 0.717) is 38.7 Å². The first-order valence-electron chi connectivity index (χ1n) is 8.06. The van der Waals surface area contributed by atoms with Crippen LogP contribution in [0.3, 0.4) is 0 Å². The Labute approximate surface area is 139 Å². The normalized spacial score (nSPS) is 11.8. The van der Waals surface area contributed by atoms with Gasteiger partial charge in [0.2, 0.25) is 10.0 Å². The largest absolute Gasteiger partial charge is 0.491 e. The van der Waals surface area contributed by atoms with Crippen molar-refractivity contribution >= 4 is 10.0 Å². The molecule has 1 rings (SSSR count). The molecule has 0 aliphatic carbocycles. The molecule has 0 aliphatic heterocycles. The monoisotopic (exact) mass is 344 g/mol. The molecule has 1 aromatic rings. The van der Waals surface area contributed by atoms with E-state index in [4.69, 9.17) is 9.47 Å². The molecule has 1 aromatic carbocycles. The molecule has 0 aromatic heterocycles. The van der Waals surface area contributed by atoms with Gasteiger partial charge in [0.05, 0.1) is 11.5 Å². The van der Waals surface area contributed by atoms with Gasteiger partial charge in [-0.1, -0.05) is 13.8 Å². The van der Waals surface area contributed by atoms with Crippen LogP contribution in [-0.4, -0.2) is 59.3 Å². The van der Waals surface area contributed by atoms with Crippen molar-refractivity contribution in [1.82, 2.24) is 9.62 Å². The zero-order valence-electron chi connectivity index (χ0n) is 14.2. The second kappa shape index (κ2) is 10.6. The Hall–Kier alpha value is -1.15. The minimum absolute atomic E-state index is 0.245. The standard InChI is InChI=1S/C16H28N2O4S/c1-4-18(5-2)12-11-17-23(19,20)16-9-7-15(8-10-16)22-14-13-21-6-3/h7-10,17H,4-6,11-14H2,1-3H3. The van der Waals surface area contributed by atoms with E-state index in [2.05, 4.69) is 23.5 Å². The third-order valence-corrected chi connectivity index (χ3v) is 4.93. The fourth-order valence-corrected chi connectivity index (χ4v) is 3.06. The van der Waals surface area contributed by atoms with Gasteiger partial charge in [-0.05, 0) is 44.3 Å². The van der Waals surface area contributed by atoms with Gasteiger partial charge in [-0.15, -0.1) is 0 Å². The number of hydrogen-bond donors (Lipinski definition) is 1. The van der Waals surface area contributed by atoms with Crippen LogP contribution in [0, 0.1) is 0 Å². The van der Waals surface area contributed by atoms with Gasteiger partial charge in [-0.2, -0.15) is 0 Å². The molecule has 0 spiro atoms. The zero-order valence-corrected chi connectivity index (χ0v) is 15.1. The van der Waals surface area contributed by atoms with E-state index >= 15 is 0 Å². The molecule has 0 unspecified atom stereocenters. The highest BCUT2D eigenvalue weighted by atomic mass is 32.2. The Balaban J connectivity index is 2.50. The summed E-state index contributed by atoms with van der Waals surface area (Å²) in [4.78, 5) is 2.41. The molecule has 0 aliphatic rings. The number of likely N-dealkylation sites (N-methyl/N-ethyl adjacent to an activating group) is 1. The molecule has 0 atom stereocenters. The average Bonchev–Trinajstić information content (AvgIpc) is 2.56. The first-order chi connectivity index (χ1) is 11.0. The lowest BCUT2D eigenvalue weighted by molar-refractivity contribution is 0.110. The number of benzene rings is 1. The SMILES string of the molecule is CCOCCOc1ccc(S(=O)(=O)NCCN(CC)CC)cc1. The molecule has 0 amide bonds. The minimum Gasteiger partial charge on any atom is -0.491 e. The Kier molecular flexibility index (Phi) is 9.16. The van der Waals surface area contributed by atoms with Crippen molar-refractivity contribution in [3.8, 4) is 5.75 Å². The Morgan fingerprint density at radius 1 is 1.04 bits per heavy atom. The molecule has 7 heteroatoms. The van der Waals surface area contributed by atoms with Crippen LogP contribution in [0.15, 0.2) is 29.2 Å². The van der Waals surface area contributed by atoms with Gasteiger partial charge in [0.15, 0.2) is 0 Å². The summed E-state index contributed by atoms with van der Waals surface area (Å²) in [5, 5.41) is 0. The van der Waals surface area contributed by atoms with Crippen LogP contribution in [0.4, 0.5) is 0 Å². The Morgan fingerprint density at radius 2 is 1.70 bits per heavy atom. The summed E-state index contributed by atoms with van der Waals surface area (Å²) >= 11 is 0. The van der Waals surface area contributed by atoms with Crippen molar-refractivity contribution in [3.05, 3.63) is 24.3 Å². The lowest BCUT2D eigenvalue weighted by Crippen LogP contribution is -2.34. The Morgan fingerprint density at radius 3 is 2.26 bits per heavy atom. The molecule has 0 saturated heterocycles. The summed E-state index contributed by atoms with van der Waals surface area (Å²) in [7, 11) is -3.48. The Bertz CT molecular complexity index is 528. The van der Waals surface area contributed by atoms with Crippen LogP contribution in [0.5, 0.6) is 5.75 Å². The van der Waals surface area contributed by atoms with Gasteiger partial charge in [-0.25, -0.2) is 13.1 Å². The molecule has 0 heterocycles. The zero-order chi connectivity index (χ0) is 17.1. The predicted octanol–water partition coefficient (Wildman–Crippen LogP) is 1.72. The van der Waals surface area contributed by atoms with Crippen LogP contribution in [0.1, 0.15) is 20.8 Å². The van der Waals surface area contributed by atoms with E-state index in [1.165, 1.54) is 0 Å². The molecule has 0 bridgehead atoms. The summed E-state index contributed by atoms with van der Waals surface area (Å²) in [6.07, 6.45) is 0. The molecule has 0 saturated carbocycles. The highest BCUT2D eigenvalue weighted by Crippen LogP contribution is 2.15. The molecule has 0 radical (unpaired) electrons. The summed E-state index contributed by atoms with van der Waals surface area (Å²) in [5.74, 6) is 0.631. The fourth-order valence-electron chi connectivity index (χ4n) is 2.04. The second-order valence-electron chi connectivity index (χ2n) is 4.94. The maximum Gasteiger partial charge on any atom is 0.240 e. The quantitative estimate of drug-likeness (QED) is 0.585. The summed E-state index contributed by atoms with van der Waals surface area (Å²) in [6.45, 7) is 10.6. The van der Waals surface area contributed by atoms with Crippen LogP contribution >= 0.6 is 0 Å². The maximum atomic E-state index is 12.2. The summed E-state index contributed by atoms with van der Waals surface area (Å²) in [5.41, 5.74) is 0. The molecule has 0 fully saturated rings. The fraction of sp³-hybridized carbons (Fsp3) is 0.625. The number of ether oxygens (including phenoxy) is 2. The summed E-state index contributed by atoms with van der Waals surface area (Å²) in [6, 6.07) is 6.42. The van der Waals surface area contributed by atoms with Crippen LogP contribution in [-0.2, 0) is 14.8 Å². The molecule has 6 nitrogen and oxygen atoms in total. The number of nitrogens with zero attached hydrogens (tertiary/aromatic N) is 1. The van der Waals surface area contributed by atoms with Crippen molar-refractivity contribution in [1.29, 1.82) is 0 Å². The topological polar surface area (TPSA) is 67.9 Å². The van der Waals surface area contributed by atoms with Crippen LogP contribution in [0.25, 0.3) is 0 Å². The number of hydrogen-bond acceptors (Lipinski definition) is 5. The highest BCUT2D eigenvalue weighted by molar-refractivity contribution is 7.89. The van der Waals surface area contributed by atoms with E-state index in [1.54, 1.807) is 24.3 Å². The maximum absolute atomic E-state index is 12.2. The smallest absolute Gasteiger partial charge is 0.240 e. The first-order valence-corrected chi connectivity index (χ1v) is 9.54. The lowest BCUT2D eigenvalue weighted by Gasteiger charge is -2.18. The van der Waals surface area contributed by atoms with Gasteiger partial charge < -0.3 is 14.4 Å². The van der Waals surface area contributed by atoms with Gasteiger partial charge >= 0.3 is 0 Å². The molecular formula is C16H28N2O4S. The second-order valence-corrected chi connectivity index (χ2v) is 6.71. The molecular weight excluding hydrogens is 316 g/mol. The van der Waals surface area contributed by atoms with Crippen molar-refractivity contribution in [2.45, 2.75) is 25.7 Å². The average molecular weight is 344 g/mol. The van der Waals surface area contributed by atoms with E-state index in [1.807, 2.05) is 6.92 Å². The van der Waals surface area contributed by atoms with E-state index in [-0.39, 0.29) is 4.90 Å². The number of sulfonamides is 1. The third-order valence-electron chi connectivity index (χ3n) is 3.45. The third kappa shape index (κ3) is 7.30. The molecule has 1 N–H and O–H groups in total. The summed E-state index contributed by atoms with van der Waals surface area (Å²) < 4.78 is 37.7. The first kappa shape index (κ1) is 19.9. The number of nitrogens with one attached hydrogen (secondary N) is 1. The van der Waals surface area contributed by atoms with E-state index in [0.717, 1.165) is 13.1 Å². The van der Waals surface area contributed by atoms with Crippen molar-refractivity contribution in [3.63, 3.8) is 0 Å². The van der Waals surface area contributed by atoms with Crippen LogP contribution < -0.4 is 9.46 Å². The minimum atomic E-state index is -3.48. The van der Waals surface area contributed by atoms with Crippen LogP contribution in [0.2, 0.25) is 0 Å². The van der Waals surface area contributed by atoms with Gasteiger partial charge in [0.25, 0.3) is 0 Å². The van der Waals surface area contributed by atoms with Gasteiger partial charge in [-0.3, -0.25) is 0 Å². The molecule has 23 heavy (non-hydrogen) atoms. The van der Waals surface area contributed by atoms with Crippen molar-refractivity contribution in [2.75, 3.05) is 46.0 Å². The van der Waals surface area contributed by atoms with Crippen molar-refractivity contribution in [2.24, 2.45) is 0 Å². The van der Waals surface area contributed by atoms with E-state index < -0.39 is 10.0 Å². The predicted molar refractivity (Wildman–Crippen MR) is 91.4 cm³/mol. The van der Waals surface area contributed by atoms with Gasteiger partial charge in [0.1, 0.15) is 12.4 Å². The number of rotatable bonds is 12.